The van der Waals surface area contributed by atoms with Crippen LogP contribution in [0.4, 0.5) is 0 Å². The molecule has 0 heterocycles. The quantitative estimate of drug-likeness (QED) is 0.727. The summed E-state index contributed by atoms with van der Waals surface area (Å²) in [4.78, 5) is 22.1. The van der Waals surface area contributed by atoms with Gasteiger partial charge >= 0.3 is 5.97 Å². The van der Waals surface area contributed by atoms with E-state index in [9.17, 15) is 9.59 Å². The SMILES string of the molecule is CSC(C)C(=O)NCCC(C)(C)C(=O)O. The number of carboxylic acid groups (broad SMARTS) is 1. The summed E-state index contributed by atoms with van der Waals surface area (Å²) >= 11 is 1.47. The third kappa shape index (κ3) is 5.06. The first-order valence-corrected chi connectivity index (χ1v) is 6.14. The van der Waals surface area contributed by atoms with E-state index in [4.69, 9.17) is 5.11 Å². The van der Waals surface area contributed by atoms with Crippen LogP contribution in [0, 0.1) is 5.41 Å². The summed E-state index contributed by atoms with van der Waals surface area (Å²) < 4.78 is 0. The third-order valence-corrected chi connectivity index (χ3v) is 3.27. The van der Waals surface area contributed by atoms with Gasteiger partial charge < -0.3 is 10.4 Å². The Hall–Kier alpha value is -0.710. The van der Waals surface area contributed by atoms with E-state index in [0.29, 0.717) is 13.0 Å². The number of aliphatic carboxylic acids is 1. The first-order valence-electron chi connectivity index (χ1n) is 4.85. The zero-order valence-electron chi connectivity index (χ0n) is 9.66. The molecule has 0 aliphatic rings. The maximum absolute atomic E-state index is 11.4. The summed E-state index contributed by atoms with van der Waals surface area (Å²) in [6.45, 7) is 5.53. The number of carbonyl (C=O) groups excluding carboxylic acids is 1. The minimum atomic E-state index is -0.838. The molecule has 2 N–H and O–H groups in total. The maximum atomic E-state index is 11.4. The smallest absolute Gasteiger partial charge is 0.309 e. The lowest BCUT2D eigenvalue weighted by molar-refractivity contribution is -0.147. The van der Waals surface area contributed by atoms with Crippen LogP contribution in [0.2, 0.25) is 0 Å². The number of carboxylic acids is 1. The van der Waals surface area contributed by atoms with E-state index < -0.39 is 11.4 Å². The van der Waals surface area contributed by atoms with Crippen molar-refractivity contribution in [2.75, 3.05) is 12.8 Å². The molecule has 0 radical (unpaired) electrons. The number of carbonyl (C=O) groups is 2. The number of rotatable bonds is 6. The molecule has 88 valence electrons. The summed E-state index contributed by atoms with van der Waals surface area (Å²) in [5.74, 6) is -0.877. The standard InChI is InChI=1S/C10H19NO3S/c1-7(15-4)8(12)11-6-5-10(2,3)9(13)14/h7H,5-6H2,1-4H3,(H,11,12)(H,13,14). The summed E-state index contributed by atoms with van der Waals surface area (Å²) in [6.07, 6.45) is 2.31. The van der Waals surface area contributed by atoms with Gasteiger partial charge in [-0.25, -0.2) is 0 Å². The van der Waals surface area contributed by atoms with Gasteiger partial charge in [-0.3, -0.25) is 9.59 Å². The van der Waals surface area contributed by atoms with Crippen molar-refractivity contribution in [2.24, 2.45) is 5.41 Å². The summed E-state index contributed by atoms with van der Waals surface area (Å²) in [6, 6.07) is 0. The zero-order valence-corrected chi connectivity index (χ0v) is 10.5. The Balaban J connectivity index is 3.90. The van der Waals surface area contributed by atoms with E-state index in [1.165, 1.54) is 11.8 Å². The fraction of sp³-hybridized carbons (Fsp3) is 0.800. The highest BCUT2D eigenvalue weighted by Gasteiger charge is 2.26. The molecule has 0 aromatic heterocycles. The zero-order chi connectivity index (χ0) is 12.1. The molecule has 0 aromatic carbocycles. The molecule has 1 unspecified atom stereocenters. The summed E-state index contributed by atoms with van der Waals surface area (Å²) in [5, 5.41) is 11.5. The highest BCUT2D eigenvalue weighted by Crippen LogP contribution is 2.19. The monoisotopic (exact) mass is 233 g/mol. The van der Waals surface area contributed by atoms with Gasteiger partial charge in [0.25, 0.3) is 0 Å². The minimum Gasteiger partial charge on any atom is -0.481 e. The molecule has 0 aliphatic carbocycles. The van der Waals surface area contributed by atoms with Crippen LogP contribution < -0.4 is 5.32 Å². The van der Waals surface area contributed by atoms with Crippen molar-refractivity contribution in [1.29, 1.82) is 0 Å². The van der Waals surface area contributed by atoms with Crippen LogP contribution in [0.1, 0.15) is 27.2 Å². The number of thioether (sulfide) groups is 1. The van der Waals surface area contributed by atoms with Crippen molar-refractivity contribution in [1.82, 2.24) is 5.32 Å². The van der Waals surface area contributed by atoms with Gasteiger partial charge in [-0.15, -0.1) is 0 Å². The predicted octanol–water partition coefficient (Wildman–Crippen LogP) is 1.35. The van der Waals surface area contributed by atoms with E-state index in [1.807, 2.05) is 13.2 Å². The Morgan fingerprint density at radius 3 is 2.40 bits per heavy atom. The van der Waals surface area contributed by atoms with Crippen molar-refractivity contribution in [2.45, 2.75) is 32.4 Å². The normalized spacial score (nSPS) is 13.3. The number of amides is 1. The van der Waals surface area contributed by atoms with Gasteiger partial charge in [-0.1, -0.05) is 0 Å². The van der Waals surface area contributed by atoms with Gasteiger partial charge in [0.1, 0.15) is 0 Å². The average molecular weight is 233 g/mol. The molecular formula is C10H19NO3S. The molecule has 5 heteroatoms. The lowest BCUT2D eigenvalue weighted by atomic mass is 9.90. The van der Waals surface area contributed by atoms with Crippen LogP contribution >= 0.6 is 11.8 Å². The first kappa shape index (κ1) is 14.3. The topological polar surface area (TPSA) is 66.4 Å². The summed E-state index contributed by atoms with van der Waals surface area (Å²) in [7, 11) is 0. The Labute approximate surface area is 94.8 Å². The van der Waals surface area contributed by atoms with Gasteiger partial charge in [0.15, 0.2) is 0 Å². The molecule has 15 heavy (non-hydrogen) atoms. The molecule has 0 spiro atoms. The Kier molecular flexibility index (Phi) is 5.72. The molecular weight excluding hydrogens is 214 g/mol. The number of hydrogen-bond donors (Lipinski definition) is 2. The lowest BCUT2D eigenvalue weighted by Crippen LogP contribution is -2.35. The van der Waals surface area contributed by atoms with Crippen LogP contribution in [-0.2, 0) is 9.59 Å². The molecule has 0 rings (SSSR count). The third-order valence-electron chi connectivity index (χ3n) is 2.35. The van der Waals surface area contributed by atoms with Gasteiger partial charge in [0.05, 0.1) is 10.7 Å². The van der Waals surface area contributed by atoms with E-state index >= 15 is 0 Å². The fourth-order valence-corrected chi connectivity index (χ4v) is 1.15. The van der Waals surface area contributed by atoms with Crippen molar-refractivity contribution in [3.05, 3.63) is 0 Å². The Morgan fingerprint density at radius 1 is 1.47 bits per heavy atom. The molecule has 0 fully saturated rings. The second kappa shape index (κ2) is 6.00. The Morgan fingerprint density at radius 2 is 2.00 bits per heavy atom. The predicted molar refractivity (Wildman–Crippen MR) is 62.0 cm³/mol. The average Bonchev–Trinajstić information content (AvgIpc) is 2.15. The van der Waals surface area contributed by atoms with Crippen molar-refractivity contribution in [3.8, 4) is 0 Å². The molecule has 0 aromatic rings. The van der Waals surface area contributed by atoms with Crippen molar-refractivity contribution in [3.63, 3.8) is 0 Å². The van der Waals surface area contributed by atoms with Crippen LogP contribution in [0.5, 0.6) is 0 Å². The van der Waals surface area contributed by atoms with Gasteiger partial charge in [0.2, 0.25) is 5.91 Å². The molecule has 4 nitrogen and oxygen atoms in total. The molecule has 1 amide bonds. The van der Waals surface area contributed by atoms with Crippen LogP contribution in [-0.4, -0.2) is 35.0 Å². The van der Waals surface area contributed by atoms with Crippen LogP contribution in [0.3, 0.4) is 0 Å². The number of nitrogens with one attached hydrogen (secondary N) is 1. The second-order valence-electron chi connectivity index (χ2n) is 4.11. The van der Waals surface area contributed by atoms with Crippen molar-refractivity contribution >= 4 is 23.6 Å². The largest absolute Gasteiger partial charge is 0.481 e. The Bertz CT molecular complexity index is 241. The molecule has 0 bridgehead atoms. The minimum absolute atomic E-state index is 0.0383. The molecule has 1 atom stereocenters. The molecule has 0 saturated heterocycles. The second-order valence-corrected chi connectivity index (χ2v) is 5.29. The number of hydrogen-bond acceptors (Lipinski definition) is 3. The molecule has 0 aliphatic heterocycles. The van der Waals surface area contributed by atoms with E-state index in [0.717, 1.165) is 0 Å². The van der Waals surface area contributed by atoms with E-state index in [-0.39, 0.29) is 11.2 Å². The lowest BCUT2D eigenvalue weighted by Gasteiger charge is -2.19. The first-order chi connectivity index (χ1) is 6.81. The van der Waals surface area contributed by atoms with E-state index in [1.54, 1.807) is 13.8 Å². The van der Waals surface area contributed by atoms with Crippen LogP contribution in [0.15, 0.2) is 0 Å². The highest BCUT2D eigenvalue weighted by molar-refractivity contribution is 7.99. The summed E-state index contributed by atoms with van der Waals surface area (Å²) in [5.41, 5.74) is -0.782. The van der Waals surface area contributed by atoms with Gasteiger partial charge in [-0.05, 0) is 33.4 Å². The van der Waals surface area contributed by atoms with Crippen LogP contribution in [0.25, 0.3) is 0 Å². The van der Waals surface area contributed by atoms with Crippen molar-refractivity contribution < 1.29 is 14.7 Å². The van der Waals surface area contributed by atoms with Gasteiger partial charge in [0, 0.05) is 6.54 Å². The fourth-order valence-electron chi connectivity index (χ4n) is 0.856. The highest BCUT2D eigenvalue weighted by atomic mass is 32.2. The van der Waals surface area contributed by atoms with E-state index in [2.05, 4.69) is 5.32 Å². The molecule has 0 saturated carbocycles. The van der Waals surface area contributed by atoms with Gasteiger partial charge in [-0.2, -0.15) is 11.8 Å². The maximum Gasteiger partial charge on any atom is 0.309 e.